The lowest BCUT2D eigenvalue weighted by Crippen LogP contribution is -1.98. The van der Waals surface area contributed by atoms with Crippen LogP contribution in [0.1, 0.15) is 21.9 Å². The minimum Gasteiger partial charge on any atom is -0.479 e. The van der Waals surface area contributed by atoms with Crippen LogP contribution in [0.4, 0.5) is 5.69 Å². The molecule has 0 aliphatic carbocycles. The Morgan fingerprint density at radius 1 is 1.14 bits per heavy atom. The average Bonchev–Trinajstić information content (AvgIpc) is 3.12. The zero-order valence-corrected chi connectivity index (χ0v) is 15.8. The molecule has 0 amide bonds. The highest BCUT2D eigenvalue weighted by Gasteiger charge is 2.14. The van der Waals surface area contributed by atoms with E-state index in [1.165, 1.54) is 30.4 Å². The highest BCUT2D eigenvalue weighted by molar-refractivity contribution is 6.37. The third-order valence-corrected chi connectivity index (χ3v) is 4.26. The van der Waals surface area contributed by atoms with E-state index in [1.54, 1.807) is 36.4 Å². The van der Waals surface area contributed by atoms with Crippen molar-refractivity contribution in [3.05, 3.63) is 97.9 Å². The van der Waals surface area contributed by atoms with Crippen molar-refractivity contribution in [2.45, 2.75) is 6.61 Å². The molecule has 0 radical (unpaired) electrons. The molecule has 0 fully saturated rings. The number of nitro benzene ring substituents is 1. The van der Waals surface area contributed by atoms with Gasteiger partial charge in [-0.3, -0.25) is 14.9 Å². The number of ether oxygens (including phenoxy) is 1. The van der Waals surface area contributed by atoms with Gasteiger partial charge >= 0.3 is 5.69 Å². The van der Waals surface area contributed by atoms with Gasteiger partial charge in [0, 0.05) is 16.7 Å². The van der Waals surface area contributed by atoms with E-state index in [0.29, 0.717) is 22.1 Å². The predicted octanol–water partition coefficient (Wildman–Crippen LogP) is 5.97. The molecular formula is C20H13Cl2NO5. The molecule has 0 aliphatic rings. The van der Waals surface area contributed by atoms with Gasteiger partial charge in [0.2, 0.25) is 0 Å². The van der Waals surface area contributed by atoms with Crippen LogP contribution in [0.3, 0.4) is 0 Å². The monoisotopic (exact) mass is 417 g/mol. The SMILES string of the molecule is O=C(/C=C/c1ccc(COc2ccccc2[N+](=O)[O-])o1)c1ccc(Cl)cc1Cl. The Morgan fingerprint density at radius 2 is 1.93 bits per heavy atom. The van der Waals surface area contributed by atoms with E-state index in [1.807, 2.05) is 0 Å². The zero-order chi connectivity index (χ0) is 20.1. The number of carbonyl (C=O) groups excluding carboxylic acids is 1. The highest BCUT2D eigenvalue weighted by Crippen LogP contribution is 2.27. The summed E-state index contributed by atoms with van der Waals surface area (Å²) in [6, 6.07) is 14.0. The molecule has 8 heteroatoms. The van der Waals surface area contributed by atoms with E-state index in [0.717, 1.165) is 0 Å². The first-order valence-electron chi connectivity index (χ1n) is 8.06. The molecule has 0 saturated heterocycles. The lowest BCUT2D eigenvalue weighted by Gasteiger charge is -2.04. The molecular weight excluding hydrogens is 405 g/mol. The van der Waals surface area contributed by atoms with Gasteiger partial charge in [0.25, 0.3) is 0 Å². The smallest absolute Gasteiger partial charge is 0.310 e. The van der Waals surface area contributed by atoms with Gasteiger partial charge in [-0.15, -0.1) is 0 Å². The fraction of sp³-hybridized carbons (Fsp3) is 0.0500. The molecule has 0 atom stereocenters. The molecule has 6 nitrogen and oxygen atoms in total. The fourth-order valence-corrected chi connectivity index (χ4v) is 2.88. The molecule has 0 spiro atoms. The van der Waals surface area contributed by atoms with Crippen LogP contribution in [-0.4, -0.2) is 10.7 Å². The lowest BCUT2D eigenvalue weighted by molar-refractivity contribution is -0.386. The number of nitro groups is 1. The second-order valence-electron chi connectivity index (χ2n) is 5.64. The Hall–Kier alpha value is -3.09. The van der Waals surface area contributed by atoms with Crippen molar-refractivity contribution in [3.8, 4) is 5.75 Å². The Morgan fingerprint density at radius 3 is 2.68 bits per heavy atom. The molecule has 1 heterocycles. The summed E-state index contributed by atoms with van der Waals surface area (Å²) >= 11 is 11.8. The third kappa shape index (κ3) is 4.79. The minimum absolute atomic E-state index is 0.00958. The number of nitrogens with zero attached hydrogens (tertiary/aromatic N) is 1. The second kappa shape index (κ2) is 8.73. The Balaban J connectivity index is 1.65. The molecule has 1 aromatic heterocycles. The van der Waals surface area contributed by atoms with E-state index in [-0.39, 0.29) is 28.8 Å². The van der Waals surface area contributed by atoms with Crippen LogP contribution < -0.4 is 4.74 Å². The van der Waals surface area contributed by atoms with Crippen LogP contribution in [0.5, 0.6) is 5.75 Å². The summed E-state index contributed by atoms with van der Waals surface area (Å²) in [6.07, 6.45) is 2.84. The molecule has 0 aliphatic heterocycles. The third-order valence-electron chi connectivity index (χ3n) is 3.71. The largest absolute Gasteiger partial charge is 0.479 e. The lowest BCUT2D eigenvalue weighted by atomic mass is 10.1. The maximum absolute atomic E-state index is 12.2. The molecule has 0 saturated carbocycles. The van der Waals surface area contributed by atoms with Crippen LogP contribution in [0.25, 0.3) is 6.08 Å². The summed E-state index contributed by atoms with van der Waals surface area (Å²) in [7, 11) is 0. The van der Waals surface area contributed by atoms with E-state index in [2.05, 4.69) is 0 Å². The van der Waals surface area contributed by atoms with Crippen LogP contribution >= 0.6 is 23.2 Å². The Bertz CT molecular complexity index is 1060. The molecule has 0 N–H and O–H groups in total. The van der Waals surface area contributed by atoms with Gasteiger partial charge in [0.1, 0.15) is 18.1 Å². The first kappa shape index (κ1) is 19.7. The Kier molecular flexibility index (Phi) is 6.13. The average molecular weight is 418 g/mol. The normalized spacial score (nSPS) is 10.9. The maximum atomic E-state index is 12.2. The number of rotatable bonds is 7. The predicted molar refractivity (Wildman–Crippen MR) is 106 cm³/mol. The molecule has 3 aromatic rings. The van der Waals surface area contributed by atoms with Gasteiger partial charge < -0.3 is 9.15 Å². The van der Waals surface area contributed by atoms with Gasteiger partial charge in [0.05, 0.1) is 9.95 Å². The van der Waals surface area contributed by atoms with Gasteiger partial charge in [-0.2, -0.15) is 0 Å². The van der Waals surface area contributed by atoms with Crippen LogP contribution in [0.15, 0.2) is 65.1 Å². The van der Waals surface area contributed by atoms with Crippen LogP contribution in [0, 0.1) is 10.1 Å². The van der Waals surface area contributed by atoms with Gasteiger partial charge in [0.15, 0.2) is 11.5 Å². The number of halogens is 2. The second-order valence-corrected chi connectivity index (χ2v) is 6.48. The number of carbonyl (C=O) groups is 1. The summed E-state index contributed by atoms with van der Waals surface area (Å²) in [4.78, 5) is 22.7. The van der Waals surface area contributed by atoms with Crippen molar-refractivity contribution in [2.24, 2.45) is 0 Å². The number of benzene rings is 2. The van der Waals surface area contributed by atoms with Crippen molar-refractivity contribution < 1.29 is 18.9 Å². The molecule has 28 heavy (non-hydrogen) atoms. The summed E-state index contributed by atoms with van der Waals surface area (Å²) in [5.41, 5.74) is 0.202. The first-order valence-corrected chi connectivity index (χ1v) is 8.82. The molecule has 2 aromatic carbocycles. The number of hydrogen-bond donors (Lipinski definition) is 0. The highest BCUT2D eigenvalue weighted by atomic mass is 35.5. The van der Waals surface area contributed by atoms with Crippen molar-refractivity contribution >= 4 is 40.7 Å². The molecule has 3 rings (SSSR count). The minimum atomic E-state index is -0.515. The van der Waals surface area contributed by atoms with Crippen LogP contribution in [-0.2, 0) is 6.61 Å². The van der Waals surface area contributed by atoms with Crippen molar-refractivity contribution in [1.29, 1.82) is 0 Å². The number of hydrogen-bond acceptors (Lipinski definition) is 5. The molecule has 0 unspecified atom stereocenters. The molecule has 0 bridgehead atoms. The van der Waals surface area contributed by atoms with Gasteiger partial charge in [-0.25, -0.2) is 0 Å². The molecule has 142 valence electrons. The summed E-state index contributed by atoms with van der Waals surface area (Å²) < 4.78 is 11.0. The maximum Gasteiger partial charge on any atom is 0.310 e. The fourth-order valence-electron chi connectivity index (χ4n) is 2.38. The topological polar surface area (TPSA) is 82.6 Å². The standard InChI is InChI=1S/C20H13Cl2NO5/c21-13-5-9-16(17(22)11-13)19(24)10-8-14-6-7-15(28-14)12-27-20-4-2-1-3-18(20)23(25)26/h1-11H,12H2/b10-8+. The number of ketones is 1. The van der Waals surface area contributed by atoms with E-state index in [9.17, 15) is 14.9 Å². The number of para-hydroxylation sites is 2. The summed E-state index contributed by atoms with van der Waals surface area (Å²) in [5.74, 6) is 0.735. The quantitative estimate of drug-likeness (QED) is 0.204. The van der Waals surface area contributed by atoms with Gasteiger partial charge in [-0.05, 0) is 48.6 Å². The van der Waals surface area contributed by atoms with E-state index < -0.39 is 4.92 Å². The summed E-state index contributed by atoms with van der Waals surface area (Å²) in [6.45, 7) is 0.00958. The van der Waals surface area contributed by atoms with E-state index in [4.69, 9.17) is 32.4 Å². The number of furan rings is 1. The van der Waals surface area contributed by atoms with Crippen molar-refractivity contribution in [2.75, 3.05) is 0 Å². The van der Waals surface area contributed by atoms with Crippen molar-refractivity contribution in [1.82, 2.24) is 0 Å². The number of allylic oxidation sites excluding steroid dienone is 1. The zero-order valence-electron chi connectivity index (χ0n) is 14.3. The van der Waals surface area contributed by atoms with Crippen molar-refractivity contribution in [3.63, 3.8) is 0 Å². The Labute approximate surface area is 170 Å². The van der Waals surface area contributed by atoms with Crippen LogP contribution in [0.2, 0.25) is 10.0 Å². The summed E-state index contributed by atoms with van der Waals surface area (Å²) in [5, 5.41) is 11.7. The van der Waals surface area contributed by atoms with E-state index >= 15 is 0 Å². The van der Waals surface area contributed by atoms with Gasteiger partial charge in [-0.1, -0.05) is 35.3 Å². The first-order chi connectivity index (χ1) is 13.4.